The van der Waals surface area contributed by atoms with Gasteiger partial charge in [-0.3, -0.25) is 0 Å². The van der Waals surface area contributed by atoms with Crippen LogP contribution in [0, 0.1) is 5.92 Å². The third-order valence-corrected chi connectivity index (χ3v) is 3.29. The molecule has 1 N–H and O–H groups in total. The second-order valence-corrected chi connectivity index (χ2v) is 6.41. The molecule has 3 heteroatoms. The Morgan fingerprint density at radius 1 is 1.29 bits per heavy atom. The van der Waals surface area contributed by atoms with Gasteiger partial charge in [-0.1, -0.05) is 6.92 Å². The summed E-state index contributed by atoms with van der Waals surface area (Å²) in [6.45, 7) is 11.8. The molecule has 102 valence electrons. The minimum atomic E-state index is -0.359. The second kappa shape index (κ2) is 6.72. The Bertz CT molecular complexity index is 213. The first-order valence-electron chi connectivity index (χ1n) is 6.91. The molecule has 1 aliphatic heterocycles. The lowest BCUT2D eigenvalue weighted by Crippen LogP contribution is -2.37. The number of nitrogens with zero attached hydrogens (tertiary/aromatic N) is 1. The van der Waals surface area contributed by atoms with Crippen LogP contribution in [0.5, 0.6) is 0 Å². The van der Waals surface area contributed by atoms with Crippen LogP contribution in [-0.2, 0) is 4.74 Å². The molecule has 3 nitrogen and oxygen atoms in total. The Labute approximate surface area is 106 Å². The summed E-state index contributed by atoms with van der Waals surface area (Å²) < 4.78 is 5.61. The van der Waals surface area contributed by atoms with E-state index in [0.717, 1.165) is 25.6 Å². The van der Waals surface area contributed by atoms with Crippen LogP contribution >= 0.6 is 0 Å². The molecule has 0 aromatic heterocycles. The molecule has 0 aliphatic carbocycles. The summed E-state index contributed by atoms with van der Waals surface area (Å²) >= 11 is 0. The Kier molecular flexibility index (Phi) is 5.90. The monoisotopic (exact) mass is 243 g/mol. The molecule has 1 aliphatic rings. The van der Waals surface area contributed by atoms with Gasteiger partial charge in [0, 0.05) is 6.54 Å². The number of likely N-dealkylation sites (tertiary alicyclic amines) is 1. The minimum Gasteiger partial charge on any atom is -0.389 e. The molecule has 1 rings (SSSR count). The zero-order valence-corrected chi connectivity index (χ0v) is 11.9. The van der Waals surface area contributed by atoms with E-state index in [-0.39, 0.29) is 11.7 Å². The highest BCUT2D eigenvalue weighted by Gasteiger charge is 2.18. The summed E-state index contributed by atoms with van der Waals surface area (Å²) in [5, 5.41) is 9.96. The van der Waals surface area contributed by atoms with Gasteiger partial charge >= 0.3 is 0 Å². The van der Waals surface area contributed by atoms with Gasteiger partial charge in [0.1, 0.15) is 0 Å². The molecular formula is C14H29NO2. The zero-order chi connectivity index (χ0) is 12.9. The Hall–Kier alpha value is -0.120. The molecule has 0 spiro atoms. The van der Waals surface area contributed by atoms with Crippen molar-refractivity contribution in [3.05, 3.63) is 0 Å². The molecule has 0 amide bonds. The summed E-state index contributed by atoms with van der Waals surface area (Å²) in [6, 6.07) is 0. The maximum Gasteiger partial charge on any atom is 0.0900 e. The topological polar surface area (TPSA) is 32.7 Å². The number of hydrogen-bond acceptors (Lipinski definition) is 3. The Morgan fingerprint density at radius 3 is 2.65 bits per heavy atom. The molecule has 0 aromatic rings. The van der Waals surface area contributed by atoms with Gasteiger partial charge in [-0.15, -0.1) is 0 Å². The molecule has 0 radical (unpaired) electrons. The number of aliphatic hydroxyl groups excluding tert-OH is 1. The SMILES string of the molecule is CC1CCCN(CC(O)COC(C)(C)C)CC1. The maximum absolute atomic E-state index is 9.96. The predicted octanol–water partition coefficient (Wildman–Crippen LogP) is 2.28. The average Bonchev–Trinajstić information content (AvgIpc) is 2.40. The second-order valence-electron chi connectivity index (χ2n) is 6.41. The first-order valence-corrected chi connectivity index (χ1v) is 6.91. The van der Waals surface area contributed by atoms with Gasteiger partial charge in [-0.05, 0) is 59.0 Å². The van der Waals surface area contributed by atoms with Crippen molar-refractivity contribution in [1.82, 2.24) is 4.90 Å². The highest BCUT2D eigenvalue weighted by molar-refractivity contribution is 4.71. The van der Waals surface area contributed by atoms with E-state index in [0.29, 0.717) is 6.61 Å². The lowest BCUT2D eigenvalue weighted by Gasteiger charge is -2.26. The average molecular weight is 243 g/mol. The van der Waals surface area contributed by atoms with Crippen molar-refractivity contribution >= 4 is 0 Å². The number of hydrogen-bond donors (Lipinski definition) is 1. The van der Waals surface area contributed by atoms with Crippen molar-refractivity contribution in [1.29, 1.82) is 0 Å². The number of aliphatic hydroxyl groups is 1. The molecule has 0 bridgehead atoms. The number of β-amino-alcohol motifs (C(OH)–C–C–N with tert-alkyl or cyclic N) is 1. The van der Waals surface area contributed by atoms with Gasteiger partial charge in [0.05, 0.1) is 18.3 Å². The highest BCUT2D eigenvalue weighted by Crippen LogP contribution is 2.16. The van der Waals surface area contributed by atoms with Crippen LogP contribution in [0.1, 0.15) is 47.0 Å². The van der Waals surface area contributed by atoms with Gasteiger partial charge in [0.25, 0.3) is 0 Å². The van der Waals surface area contributed by atoms with Crippen molar-refractivity contribution in [2.24, 2.45) is 5.92 Å². The zero-order valence-electron chi connectivity index (χ0n) is 11.9. The summed E-state index contributed by atoms with van der Waals surface area (Å²) in [6.07, 6.45) is 3.48. The van der Waals surface area contributed by atoms with E-state index in [2.05, 4.69) is 11.8 Å². The van der Waals surface area contributed by atoms with E-state index in [1.165, 1.54) is 19.3 Å². The summed E-state index contributed by atoms with van der Waals surface area (Å²) in [5.41, 5.74) is -0.158. The third-order valence-electron chi connectivity index (χ3n) is 3.29. The van der Waals surface area contributed by atoms with Gasteiger partial charge in [0.2, 0.25) is 0 Å². The summed E-state index contributed by atoms with van der Waals surface area (Å²) in [5.74, 6) is 0.836. The molecular weight excluding hydrogens is 214 g/mol. The van der Waals surface area contributed by atoms with Crippen molar-refractivity contribution in [3.8, 4) is 0 Å². The molecule has 2 atom stereocenters. The third kappa shape index (κ3) is 7.02. The first-order chi connectivity index (χ1) is 7.87. The van der Waals surface area contributed by atoms with Gasteiger partial charge in [0.15, 0.2) is 0 Å². The molecule has 1 saturated heterocycles. The van der Waals surface area contributed by atoms with Crippen LogP contribution < -0.4 is 0 Å². The summed E-state index contributed by atoms with van der Waals surface area (Å²) in [4.78, 5) is 2.38. The largest absolute Gasteiger partial charge is 0.389 e. The van der Waals surface area contributed by atoms with Crippen molar-refractivity contribution in [2.75, 3.05) is 26.2 Å². The van der Waals surface area contributed by atoms with Gasteiger partial charge < -0.3 is 14.7 Å². The predicted molar refractivity (Wildman–Crippen MR) is 71.2 cm³/mol. The quantitative estimate of drug-likeness (QED) is 0.822. The van der Waals surface area contributed by atoms with Crippen LogP contribution in [0.25, 0.3) is 0 Å². The fraction of sp³-hybridized carbons (Fsp3) is 1.00. The molecule has 17 heavy (non-hydrogen) atoms. The number of rotatable bonds is 4. The van der Waals surface area contributed by atoms with Crippen LogP contribution in [0.15, 0.2) is 0 Å². The normalized spacial score (nSPS) is 25.6. The lowest BCUT2D eigenvalue weighted by atomic mass is 10.0. The first kappa shape index (κ1) is 14.9. The fourth-order valence-corrected chi connectivity index (χ4v) is 2.20. The van der Waals surface area contributed by atoms with E-state index in [1.807, 2.05) is 20.8 Å². The maximum atomic E-state index is 9.96. The standard InChI is InChI=1S/C14H29NO2/c1-12-6-5-8-15(9-7-12)10-13(16)11-17-14(2,3)4/h12-13,16H,5-11H2,1-4H3. The van der Waals surface area contributed by atoms with Crippen LogP contribution in [0.3, 0.4) is 0 Å². The van der Waals surface area contributed by atoms with E-state index in [1.54, 1.807) is 0 Å². The molecule has 2 unspecified atom stereocenters. The number of ether oxygens (including phenoxy) is 1. The molecule has 0 saturated carbocycles. The van der Waals surface area contributed by atoms with E-state index in [9.17, 15) is 5.11 Å². The van der Waals surface area contributed by atoms with Crippen molar-refractivity contribution in [2.45, 2.75) is 58.7 Å². The van der Waals surface area contributed by atoms with Crippen LogP contribution in [-0.4, -0.2) is 48.0 Å². The Balaban J connectivity index is 2.23. The molecule has 1 heterocycles. The van der Waals surface area contributed by atoms with E-state index in [4.69, 9.17) is 4.74 Å². The van der Waals surface area contributed by atoms with Gasteiger partial charge in [-0.2, -0.15) is 0 Å². The Morgan fingerprint density at radius 2 is 2.00 bits per heavy atom. The minimum absolute atomic E-state index is 0.158. The highest BCUT2D eigenvalue weighted by atomic mass is 16.5. The van der Waals surface area contributed by atoms with E-state index >= 15 is 0 Å². The molecule has 0 aromatic carbocycles. The molecule has 1 fully saturated rings. The van der Waals surface area contributed by atoms with Crippen molar-refractivity contribution < 1.29 is 9.84 Å². The fourth-order valence-electron chi connectivity index (χ4n) is 2.20. The summed E-state index contributed by atoms with van der Waals surface area (Å²) in [7, 11) is 0. The van der Waals surface area contributed by atoms with Gasteiger partial charge in [-0.25, -0.2) is 0 Å². The van der Waals surface area contributed by atoms with Crippen molar-refractivity contribution in [3.63, 3.8) is 0 Å². The van der Waals surface area contributed by atoms with E-state index < -0.39 is 0 Å². The van der Waals surface area contributed by atoms with Crippen LogP contribution in [0.2, 0.25) is 0 Å². The lowest BCUT2D eigenvalue weighted by molar-refractivity contribution is -0.0559. The smallest absolute Gasteiger partial charge is 0.0900 e. The van der Waals surface area contributed by atoms with Crippen LogP contribution in [0.4, 0.5) is 0 Å².